The highest BCUT2D eigenvalue weighted by molar-refractivity contribution is 5.77. The molecule has 0 spiro atoms. The lowest BCUT2D eigenvalue weighted by atomic mass is 10.2. The third-order valence-corrected chi connectivity index (χ3v) is 4.96. The van der Waals surface area contributed by atoms with Crippen LogP contribution in [0, 0.1) is 12.7 Å². The van der Waals surface area contributed by atoms with Crippen LogP contribution in [0.4, 0.5) is 16.0 Å². The van der Waals surface area contributed by atoms with Crippen LogP contribution in [0.1, 0.15) is 5.69 Å². The first-order valence-electron chi connectivity index (χ1n) is 8.61. The van der Waals surface area contributed by atoms with Crippen LogP contribution in [0.15, 0.2) is 29.1 Å². The number of hydrogen-bond donors (Lipinski definition) is 0. The smallest absolute Gasteiger partial charge is 0.280 e. The molecule has 3 aromatic rings. The van der Waals surface area contributed by atoms with Crippen molar-refractivity contribution in [2.45, 2.75) is 6.92 Å². The summed E-state index contributed by atoms with van der Waals surface area (Å²) in [6.07, 6.45) is 0. The van der Waals surface area contributed by atoms with E-state index in [2.05, 4.69) is 14.9 Å². The second kappa shape index (κ2) is 6.12. The number of piperazine rings is 1. The van der Waals surface area contributed by atoms with E-state index in [-0.39, 0.29) is 11.4 Å². The summed E-state index contributed by atoms with van der Waals surface area (Å²) in [5.41, 5.74) is 2.86. The van der Waals surface area contributed by atoms with Gasteiger partial charge in [0.1, 0.15) is 11.3 Å². The summed E-state index contributed by atoms with van der Waals surface area (Å²) in [6, 6.07) is 6.55. The monoisotopic (exact) mass is 356 g/mol. The molecule has 0 N–H and O–H groups in total. The molecule has 3 heterocycles. The van der Waals surface area contributed by atoms with E-state index in [0.29, 0.717) is 17.0 Å². The van der Waals surface area contributed by atoms with Crippen molar-refractivity contribution < 1.29 is 4.39 Å². The molecule has 1 aliphatic rings. The minimum atomic E-state index is -0.230. The highest BCUT2D eigenvalue weighted by Gasteiger charge is 2.23. The van der Waals surface area contributed by atoms with Gasteiger partial charge in [0.05, 0.1) is 5.69 Å². The molecule has 4 rings (SSSR count). The van der Waals surface area contributed by atoms with Crippen LogP contribution in [0.2, 0.25) is 0 Å². The number of benzene rings is 1. The van der Waals surface area contributed by atoms with Crippen LogP contribution in [-0.4, -0.2) is 45.5 Å². The van der Waals surface area contributed by atoms with Crippen molar-refractivity contribution in [3.63, 3.8) is 0 Å². The Morgan fingerprint density at radius 1 is 1.00 bits per heavy atom. The van der Waals surface area contributed by atoms with Crippen LogP contribution in [0.25, 0.3) is 11.0 Å². The predicted octanol–water partition coefficient (Wildman–Crippen LogP) is 1.44. The molecular weight excluding hydrogens is 335 g/mol. The van der Waals surface area contributed by atoms with Gasteiger partial charge in [0.2, 0.25) is 5.95 Å². The lowest BCUT2D eigenvalue weighted by Crippen LogP contribution is -2.48. The van der Waals surface area contributed by atoms with Crippen molar-refractivity contribution in [2.75, 3.05) is 36.0 Å². The normalized spacial score (nSPS) is 15.1. The number of anilines is 2. The summed E-state index contributed by atoms with van der Waals surface area (Å²) in [4.78, 5) is 21.8. The molecule has 0 aliphatic carbocycles. The van der Waals surface area contributed by atoms with Crippen molar-refractivity contribution >= 4 is 22.7 Å². The molecule has 0 amide bonds. The largest absolute Gasteiger partial charge is 0.368 e. The van der Waals surface area contributed by atoms with Gasteiger partial charge < -0.3 is 9.80 Å². The molecule has 136 valence electrons. The molecule has 0 unspecified atom stereocenters. The van der Waals surface area contributed by atoms with Gasteiger partial charge in [0, 0.05) is 46.0 Å². The number of halogens is 1. The molecule has 1 fully saturated rings. The highest BCUT2D eigenvalue weighted by Crippen LogP contribution is 2.21. The second-order valence-electron chi connectivity index (χ2n) is 6.63. The molecule has 1 saturated heterocycles. The summed E-state index contributed by atoms with van der Waals surface area (Å²) in [7, 11) is 3.51. The number of aromatic nitrogens is 4. The Morgan fingerprint density at radius 2 is 1.62 bits per heavy atom. The maximum absolute atomic E-state index is 13.1. The minimum absolute atomic E-state index is 0.0888. The number of aryl methyl sites for hydroxylation is 2. The fraction of sp³-hybridized carbons (Fsp3) is 0.389. The first-order valence-corrected chi connectivity index (χ1v) is 8.61. The zero-order chi connectivity index (χ0) is 18.4. The highest BCUT2D eigenvalue weighted by atomic mass is 19.1. The van der Waals surface area contributed by atoms with Crippen LogP contribution >= 0.6 is 0 Å². The van der Waals surface area contributed by atoms with E-state index in [1.165, 1.54) is 12.1 Å². The Bertz CT molecular complexity index is 1010. The van der Waals surface area contributed by atoms with E-state index in [1.807, 2.05) is 6.92 Å². The van der Waals surface area contributed by atoms with Gasteiger partial charge in [-0.05, 0) is 31.2 Å². The number of hydrogen-bond acceptors (Lipinski definition) is 5. The molecule has 1 aromatic carbocycles. The van der Waals surface area contributed by atoms with Gasteiger partial charge in [0.25, 0.3) is 5.56 Å². The molecule has 0 bridgehead atoms. The Labute approximate surface area is 150 Å². The maximum atomic E-state index is 13.1. The van der Waals surface area contributed by atoms with E-state index in [1.54, 1.807) is 35.5 Å². The van der Waals surface area contributed by atoms with Gasteiger partial charge in [0.15, 0.2) is 5.52 Å². The minimum Gasteiger partial charge on any atom is -0.368 e. The fourth-order valence-electron chi connectivity index (χ4n) is 3.54. The van der Waals surface area contributed by atoms with Crippen molar-refractivity contribution in [3.05, 3.63) is 46.1 Å². The average molecular weight is 356 g/mol. The van der Waals surface area contributed by atoms with Crippen molar-refractivity contribution in [1.82, 2.24) is 19.3 Å². The molecule has 0 radical (unpaired) electrons. The van der Waals surface area contributed by atoms with E-state index >= 15 is 0 Å². The maximum Gasteiger partial charge on any atom is 0.280 e. The molecule has 8 heteroatoms. The molecule has 2 aromatic heterocycles. The molecular formula is C18H21FN6O. The number of nitrogens with zero attached hydrogens (tertiary/aromatic N) is 6. The zero-order valence-electron chi connectivity index (χ0n) is 15.1. The van der Waals surface area contributed by atoms with Gasteiger partial charge in [-0.25, -0.2) is 9.37 Å². The zero-order valence-corrected chi connectivity index (χ0v) is 15.1. The Balaban J connectivity index is 1.61. The summed E-state index contributed by atoms with van der Waals surface area (Å²) in [5.74, 6) is 0.434. The third-order valence-electron chi connectivity index (χ3n) is 4.96. The van der Waals surface area contributed by atoms with Crippen LogP contribution < -0.4 is 15.4 Å². The van der Waals surface area contributed by atoms with Crippen LogP contribution in [0.5, 0.6) is 0 Å². The quantitative estimate of drug-likeness (QED) is 0.695. The van der Waals surface area contributed by atoms with Gasteiger partial charge >= 0.3 is 0 Å². The average Bonchev–Trinajstić information content (AvgIpc) is 2.92. The summed E-state index contributed by atoms with van der Waals surface area (Å²) in [5, 5.41) is 4.32. The van der Waals surface area contributed by atoms with Crippen molar-refractivity contribution in [1.29, 1.82) is 0 Å². The van der Waals surface area contributed by atoms with Crippen LogP contribution in [-0.2, 0) is 14.1 Å². The first-order chi connectivity index (χ1) is 12.5. The van der Waals surface area contributed by atoms with Crippen LogP contribution in [0.3, 0.4) is 0 Å². The van der Waals surface area contributed by atoms with E-state index in [9.17, 15) is 9.18 Å². The van der Waals surface area contributed by atoms with E-state index in [0.717, 1.165) is 37.6 Å². The number of fused-ring (bicyclic) bond motifs is 1. The van der Waals surface area contributed by atoms with Gasteiger partial charge in [-0.3, -0.25) is 14.0 Å². The second-order valence-corrected chi connectivity index (χ2v) is 6.63. The van der Waals surface area contributed by atoms with Gasteiger partial charge in [-0.2, -0.15) is 5.10 Å². The molecule has 0 atom stereocenters. The third kappa shape index (κ3) is 2.61. The summed E-state index contributed by atoms with van der Waals surface area (Å²) in [6.45, 7) is 4.91. The van der Waals surface area contributed by atoms with E-state index in [4.69, 9.17) is 4.98 Å². The summed E-state index contributed by atoms with van der Waals surface area (Å²) >= 11 is 0. The summed E-state index contributed by atoms with van der Waals surface area (Å²) < 4.78 is 16.3. The molecule has 26 heavy (non-hydrogen) atoms. The fourth-order valence-corrected chi connectivity index (χ4v) is 3.54. The molecule has 1 aliphatic heterocycles. The predicted molar refractivity (Wildman–Crippen MR) is 99.3 cm³/mol. The topological polar surface area (TPSA) is 59.2 Å². The first kappa shape index (κ1) is 16.6. The lowest BCUT2D eigenvalue weighted by Gasteiger charge is -2.37. The Kier molecular flexibility index (Phi) is 3.90. The lowest BCUT2D eigenvalue weighted by molar-refractivity contribution is 0.616. The van der Waals surface area contributed by atoms with Crippen molar-refractivity contribution in [3.8, 4) is 0 Å². The molecule has 7 nitrogen and oxygen atoms in total. The van der Waals surface area contributed by atoms with Gasteiger partial charge in [-0.15, -0.1) is 0 Å². The van der Waals surface area contributed by atoms with E-state index < -0.39 is 0 Å². The Hall–Kier alpha value is -2.90. The SMILES string of the molecule is Cc1nn(C)c2c(=O)n(C)c(N3CCN(c4ccc(F)cc4)CC3)nc12. The number of rotatable bonds is 2. The Morgan fingerprint density at radius 3 is 2.27 bits per heavy atom. The molecule has 0 saturated carbocycles. The van der Waals surface area contributed by atoms with Gasteiger partial charge in [-0.1, -0.05) is 0 Å². The standard InChI is InChI=1S/C18H21FN6O/c1-12-15-16(23(3)21-12)17(26)22(2)18(20-15)25-10-8-24(9-11-25)14-6-4-13(19)5-7-14/h4-7H,8-11H2,1-3H3. The van der Waals surface area contributed by atoms with Crippen molar-refractivity contribution in [2.24, 2.45) is 14.1 Å².